The molecular formula is C22H31IN4O4. The molecule has 2 heterocycles. The molecule has 1 amide bonds. The monoisotopic (exact) mass is 542 g/mol. The minimum Gasteiger partial charge on any atom is -0.493 e. The summed E-state index contributed by atoms with van der Waals surface area (Å²) in [5.41, 5.74) is 1.20. The maximum Gasteiger partial charge on any atom is 0.289 e. The average Bonchev–Trinajstić information content (AvgIpc) is 3.33. The molecule has 1 aliphatic rings. The lowest BCUT2D eigenvalue weighted by molar-refractivity contribution is 0.0658. The molecular weight excluding hydrogens is 511 g/mol. The SMILES string of the molecule is CN=C(NCCCc1ccc(OC)c(OC)c1)N1CCN(C(=O)c2ccco2)CC1.I. The molecule has 0 radical (unpaired) electrons. The van der Waals surface area contributed by atoms with Crippen molar-refractivity contribution in [3.05, 3.63) is 47.9 Å². The predicted octanol–water partition coefficient (Wildman–Crippen LogP) is 2.88. The Balaban J connectivity index is 0.00000341. The Morgan fingerprint density at radius 3 is 2.42 bits per heavy atom. The van der Waals surface area contributed by atoms with Crippen molar-refractivity contribution in [3.8, 4) is 11.5 Å². The van der Waals surface area contributed by atoms with E-state index in [-0.39, 0.29) is 29.9 Å². The van der Waals surface area contributed by atoms with E-state index >= 15 is 0 Å². The molecule has 0 aliphatic carbocycles. The normalized spacial score (nSPS) is 14.1. The van der Waals surface area contributed by atoms with Crippen LogP contribution in [0, 0.1) is 0 Å². The number of furan rings is 1. The van der Waals surface area contributed by atoms with Gasteiger partial charge in [0, 0.05) is 39.8 Å². The maximum atomic E-state index is 12.4. The topological polar surface area (TPSA) is 79.5 Å². The van der Waals surface area contributed by atoms with Crippen molar-refractivity contribution < 1.29 is 18.7 Å². The predicted molar refractivity (Wildman–Crippen MR) is 131 cm³/mol. The number of carbonyl (C=O) groups excluding carboxylic acids is 1. The number of aliphatic imine (C=N–C) groups is 1. The lowest BCUT2D eigenvalue weighted by Crippen LogP contribution is -2.53. The molecule has 1 aliphatic heterocycles. The highest BCUT2D eigenvalue weighted by molar-refractivity contribution is 14.0. The number of piperazine rings is 1. The highest BCUT2D eigenvalue weighted by Crippen LogP contribution is 2.27. The number of hydrogen-bond donors (Lipinski definition) is 1. The molecule has 1 aromatic heterocycles. The zero-order valence-corrected chi connectivity index (χ0v) is 20.6. The third-order valence-electron chi connectivity index (χ3n) is 5.18. The van der Waals surface area contributed by atoms with Crippen LogP contribution < -0.4 is 14.8 Å². The Hall–Kier alpha value is -2.43. The summed E-state index contributed by atoms with van der Waals surface area (Å²) in [7, 11) is 5.08. The number of rotatable bonds is 7. The highest BCUT2D eigenvalue weighted by Gasteiger charge is 2.25. The van der Waals surface area contributed by atoms with Crippen molar-refractivity contribution in [3.63, 3.8) is 0 Å². The lowest BCUT2D eigenvalue weighted by atomic mass is 10.1. The largest absolute Gasteiger partial charge is 0.493 e. The summed E-state index contributed by atoms with van der Waals surface area (Å²) in [5.74, 6) is 2.69. The number of aryl methyl sites for hydroxylation is 1. The number of methoxy groups -OCH3 is 2. The maximum absolute atomic E-state index is 12.4. The first-order valence-corrected chi connectivity index (χ1v) is 10.2. The number of amides is 1. The van der Waals surface area contributed by atoms with Gasteiger partial charge < -0.3 is 29.0 Å². The van der Waals surface area contributed by atoms with Crippen molar-refractivity contribution in [1.29, 1.82) is 0 Å². The molecule has 3 rings (SSSR count). The Morgan fingerprint density at radius 1 is 1.10 bits per heavy atom. The molecule has 0 unspecified atom stereocenters. The molecule has 1 aromatic carbocycles. The van der Waals surface area contributed by atoms with Gasteiger partial charge in [-0.05, 0) is 42.7 Å². The Morgan fingerprint density at radius 2 is 1.81 bits per heavy atom. The minimum absolute atomic E-state index is 0. The van der Waals surface area contributed by atoms with E-state index in [0.717, 1.165) is 49.9 Å². The molecule has 1 fully saturated rings. The summed E-state index contributed by atoms with van der Waals surface area (Å²) < 4.78 is 15.9. The summed E-state index contributed by atoms with van der Waals surface area (Å²) >= 11 is 0. The number of guanidine groups is 1. The standard InChI is InChI=1S/C22H30N4O4.HI/c1-23-22(24-10-4-6-17-8-9-18(28-2)20(16-17)29-3)26-13-11-25(12-14-26)21(27)19-7-5-15-30-19;/h5,7-9,15-16H,4,6,10-14H2,1-3H3,(H,23,24);1H. The zero-order chi connectivity index (χ0) is 21.3. The van der Waals surface area contributed by atoms with Gasteiger partial charge in [0.05, 0.1) is 20.5 Å². The number of hydrogen-bond acceptors (Lipinski definition) is 5. The lowest BCUT2D eigenvalue weighted by Gasteiger charge is -2.36. The van der Waals surface area contributed by atoms with Gasteiger partial charge in [-0.25, -0.2) is 0 Å². The quantitative estimate of drug-likeness (QED) is 0.251. The van der Waals surface area contributed by atoms with Gasteiger partial charge in [0.25, 0.3) is 5.91 Å². The van der Waals surface area contributed by atoms with Gasteiger partial charge in [0.2, 0.25) is 0 Å². The summed E-state index contributed by atoms with van der Waals surface area (Å²) in [6, 6.07) is 9.45. The van der Waals surface area contributed by atoms with E-state index < -0.39 is 0 Å². The number of ether oxygens (including phenoxy) is 2. The third-order valence-corrected chi connectivity index (χ3v) is 5.18. The number of halogens is 1. The van der Waals surface area contributed by atoms with Gasteiger partial charge in [-0.2, -0.15) is 0 Å². The van der Waals surface area contributed by atoms with Crippen LogP contribution in [-0.4, -0.2) is 75.7 Å². The molecule has 170 valence electrons. The van der Waals surface area contributed by atoms with E-state index in [1.165, 1.54) is 11.8 Å². The molecule has 1 N–H and O–H groups in total. The molecule has 9 heteroatoms. The van der Waals surface area contributed by atoms with Gasteiger partial charge in [0.1, 0.15) is 0 Å². The fourth-order valence-electron chi connectivity index (χ4n) is 3.54. The van der Waals surface area contributed by atoms with Crippen molar-refractivity contribution in [2.45, 2.75) is 12.8 Å². The summed E-state index contributed by atoms with van der Waals surface area (Å²) in [6.45, 7) is 3.58. The van der Waals surface area contributed by atoms with Crippen LogP contribution in [0.3, 0.4) is 0 Å². The number of benzene rings is 1. The highest BCUT2D eigenvalue weighted by atomic mass is 127. The number of nitrogens with one attached hydrogen (secondary N) is 1. The van der Waals surface area contributed by atoms with Crippen molar-refractivity contribution in [2.75, 3.05) is 54.0 Å². The Labute approximate surface area is 200 Å². The fraction of sp³-hybridized carbons (Fsp3) is 0.455. The van der Waals surface area contributed by atoms with Crippen LogP contribution in [0.5, 0.6) is 11.5 Å². The van der Waals surface area contributed by atoms with Gasteiger partial charge in [0.15, 0.2) is 23.2 Å². The van der Waals surface area contributed by atoms with Crippen LogP contribution in [0.2, 0.25) is 0 Å². The molecule has 31 heavy (non-hydrogen) atoms. The molecule has 0 spiro atoms. The van der Waals surface area contributed by atoms with E-state index in [1.807, 2.05) is 17.0 Å². The van der Waals surface area contributed by atoms with Gasteiger partial charge in [-0.1, -0.05) is 6.07 Å². The number of carbonyl (C=O) groups is 1. The van der Waals surface area contributed by atoms with Crippen LogP contribution >= 0.6 is 24.0 Å². The molecule has 1 saturated heterocycles. The molecule has 2 aromatic rings. The van der Waals surface area contributed by atoms with Crippen molar-refractivity contribution in [1.82, 2.24) is 15.1 Å². The van der Waals surface area contributed by atoms with E-state index in [4.69, 9.17) is 13.9 Å². The summed E-state index contributed by atoms with van der Waals surface area (Å²) in [5, 5.41) is 3.43. The van der Waals surface area contributed by atoms with E-state index in [1.54, 1.807) is 33.4 Å². The second-order valence-corrected chi connectivity index (χ2v) is 7.02. The average molecular weight is 542 g/mol. The smallest absolute Gasteiger partial charge is 0.289 e. The Kier molecular flexibility index (Phi) is 9.96. The fourth-order valence-corrected chi connectivity index (χ4v) is 3.54. The molecule has 8 nitrogen and oxygen atoms in total. The van der Waals surface area contributed by atoms with Crippen molar-refractivity contribution in [2.24, 2.45) is 4.99 Å². The Bertz CT molecular complexity index is 849. The zero-order valence-electron chi connectivity index (χ0n) is 18.3. The summed E-state index contributed by atoms with van der Waals surface area (Å²) in [4.78, 5) is 20.8. The van der Waals surface area contributed by atoms with Gasteiger partial charge in [-0.3, -0.25) is 9.79 Å². The van der Waals surface area contributed by atoms with E-state index in [9.17, 15) is 4.79 Å². The van der Waals surface area contributed by atoms with Crippen molar-refractivity contribution >= 4 is 35.8 Å². The second kappa shape index (κ2) is 12.4. The summed E-state index contributed by atoms with van der Waals surface area (Å²) in [6.07, 6.45) is 3.42. The van der Waals surface area contributed by atoms with E-state index in [2.05, 4.69) is 21.3 Å². The van der Waals surface area contributed by atoms with Crippen LogP contribution in [0.4, 0.5) is 0 Å². The first-order chi connectivity index (χ1) is 14.7. The molecule has 0 atom stereocenters. The minimum atomic E-state index is -0.0579. The van der Waals surface area contributed by atoms with Crippen LogP contribution in [0.25, 0.3) is 0 Å². The second-order valence-electron chi connectivity index (χ2n) is 7.02. The van der Waals surface area contributed by atoms with Crippen LogP contribution in [0.1, 0.15) is 22.5 Å². The number of nitrogens with zero attached hydrogens (tertiary/aromatic N) is 3. The van der Waals surface area contributed by atoms with Gasteiger partial charge in [-0.15, -0.1) is 24.0 Å². The molecule has 0 bridgehead atoms. The first-order valence-electron chi connectivity index (χ1n) is 10.2. The third kappa shape index (κ3) is 6.52. The van der Waals surface area contributed by atoms with Gasteiger partial charge >= 0.3 is 0 Å². The van der Waals surface area contributed by atoms with E-state index in [0.29, 0.717) is 18.8 Å². The molecule has 0 saturated carbocycles. The first kappa shape index (κ1) is 24.8. The van der Waals surface area contributed by atoms with Crippen LogP contribution in [-0.2, 0) is 6.42 Å². The van der Waals surface area contributed by atoms with Crippen LogP contribution in [0.15, 0.2) is 46.0 Å².